The molecule has 0 aromatic heterocycles. The van der Waals surface area contributed by atoms with Gasteiger partial charge in [0.1, 0.15) is 13.2 Å². The number of carbonyl (C=O) groups excluding carboxylic acids is 3. The van der Waals surface area contributed by atoms with Gasteiger partial charge >= 0.3 is 12.1 Å². The van der Waals surface area contributed by atoms with E-state index in [1.54, 1.807) is 0 Å². The van der Waals surface area contributed by atoms with Gasteiger partial charge in [0.15, 0.2) is 0 Å². The fourth-order valence-electron chi connectivity index (χ4n) is 2.81. The lowest BCUT2D eigenvalue weighted by Gasteiger charge is -2.27. The summed E-state index contributed by atoms with van der Waals surface area (Å²) in [6.45, 7) is 0.696. The summed E-state index contributed by atoms with van der Waals surface area (Å²) in [6, 6.07) is 18.5. The summed E-state index contributed by atoms with van der Waals surface area (Å²) in [7, 11) is 0. The molecule has 28 heavy (non-hydrogen) atoms. The summed E-state index contributed by atoms with van der Waals surface area (Å²) < 4.78 is 10.8. The first kappa shape index (κ1) is 19.4. The van der Waals surface area contributed by atoms with Crippen LogP contribution >= 0.6 is 0 Å². The van der Waals surface area contributed by atoms with E-state index in [1.807, 2.05) is 60.7 Å². The van der Waals surface area contributed by atoms with Gasteiger partial charge in [0, 0.05) is 19.5 Å². The average molecular weight is 382 g/mol. The first-order valence-corrected chi connectivity index (χ1v) is 9.08. The quantitative estimate of drug-likeness (QED) is 0.772. The molecule has 1 heterocycles. The fourth-order valence-corrected chi connectivity index (χ4v) is 2.81. The van der Waals surface area contributed by atoms with E-state index in [4.69, 9.17) is 9.47 Å². The zero-order valence-electron chi connectivity index (χ0n) is 15.4. The molecule has 0 saturated carbocycles. The van der Waals surface area contributed by atoms with Gasteiger partial charge in [-0.2, -0.15) is 0 Å². The second-order valence-corrected chi connectivity index (χ2v) is 6.43. The predicted molar refractivity (Wildman–Crippen MR) is 101 cm³/mol. The van der Waals surface area contributed by atoms with Crippen LogP contribution < -0.4 is 5.32 Å². The number of nitrogens with zero attached hydrogens (tertiary/aromatic N) is 1. The van der Waals surface area contributed by atoms with Crippen LogP contribution in [0.5, 0.6) is 0 Å². The van der Waals surface area contributed by atoms with Crippen molar-refractivity contribution in [2.75, 3.05) is 19.6 Å². The van der Waals surface area contributed by atoms with Crippen LogP contribution in [0.3, 0.4) is 0 Å². The Labute approximate surface area is 163 Å². The monoisotopic (exact) mass is 382 g/mol. The molecule has 0 spiro atoms. The van der Waals surface area contributed by atoms with Gasteiger partial charge in [-0.05, 0) is 11.1 Å². The minimum Gasteiger partial charge on any atom is -0.458 e. The number of hydrogen-bond donors (Lipinski definition) is 1. The van der Waals surface area contributed by atoms with Crippen LogP contribution in [0, 0.1) is 0 Å². The number of amides is 2. The second kappa shape index (κ2) is 9.55. The third-order valence-electron chi connectivity index (χ3n) is 4.29. The lowest BCUT2D eigenvalue weighted by molar-refractivity contribution is -0.155. The van der Waals surface area contributed by atoms with Crippen molar-refractivity contribution < 1.29 is 23.9 Å². The number of piperazine rings is 1. The third-order valence-corrected chi connectivity index (χ3v) is 4.29. The molecule has 1 fully saturated rings. The predicted octanol–water partition coefficient (Wildman–Crippen LogP) is 1.91. The maximum absolute atomic E-state index is 12.6. The van der Waals surface area contributed by atoms with Gasteiger partial charge < -0.3 is 14.8 Å². The lowest BCUT2D eigenvalue weighted by atomic mass is 10.1. The van der Waals surface area contributed by atoms with Gasteiger partial charge in [-0.3, -0.25) is 9.69 Å². The Bertz CT molecular complexity index is 810. The molecular formula is C21H22N2O5. The van der Waals surface area contributed by atoms with Crippen LogP contribution in [0.15, 0.2) is 60.7 Å². The molecular weight excluding hydrogens is 360 g/mol. The molecule has 0 aliphatic carbocycles. The van der Waals surface area contributed by atoms with Gasteiger partial charge in [0.05, 0.1) is 0 Å². The van der Waals surface area contributed by atoms with Crippen LogP contribution in [-0.2, 0) is 32.1 Å². The standard InChI is InChI=1S/C21H22N2O5/c24-19-14-23(12-11-22-19)21(26)28-18(13-16-7-3-1-4-8-16)20(25)27-15-17-9-5-2-6-10-17/h1-10,18H,11-15H2,(H,22,24)/t18-/m0/s1. The maximum Gasteiger partial charge on any atom is 0.411 e. The van der Waals surface area contributed by atoms with E-state index in [0.29, 0.717) is 13.1 Å². The third kappa shape index (κ3) is 5.57. The largest absolute Gasteiger partial charge is 0.458 e. The number of ether oxygens (including phenoxy) is 2. The Hall–Kier alpha value is -3.35. The minimum atomic E-state index is -1.09. The summed E-state index contributed by atoms with van der Waals surface area (Å²) in [5.41, 5.74) is 1.68. The Morgan fingerprint density at radius 3 is 2.29 bits per heavy atom. The van der Waals surface area contributed by atoms with Crippen molar-refractivity contribution in [2.45, 2.75) is 19.1 Å². The number of benzene rings is 2. The van der Waals surface area contributed by atoms with Crippen molar-refractivity contribution in [1.82, 2.24) is 10.2 Å². The molecule has 0 bridgehead atoms. The minimum absolute atomic E-state index is 0.0873. The SMILES string of the molecule is O=C1CN(C(=O)O[C@@H](Cc2ccccc2)C(=O)OCc2ccccc2)CCN1. The van der Waals surface area contributed by atoms with Crippen molar-refractivity contribution in [3.63, 3.8) is 0 Å². The Morgan fingerprint density at radius 2 is 1.64 bits per heavy atom. The summed E-state index contributed by atoms with van der Waals surface area (Å²) in [5, 5.41) is 2.64. The molecule has 146 valence electrons. The zero-order valence-corrected chi connectivity index (χ0v) is 15.4. The van der Waals surface area contributed by atoms with Crippen LogP contribution in [0.2, 0.25) is 0 Å². The highest BCUT2D eigenvalue weighted by molar-refractivity contribution is 5.84. The highest BCUT2D eigenvalue weighted by Gasteiger charge is 2.29. The van der Waals surface area contributed by atoms with Crippen LogP contribution in [0.4, 0.5) is 4.79 Å². The topological polar surface area (TPSA) is 84.9 Å². The zero-order chi connectivity index (χ0) is 19.8. The van der Waals surface area contributed by atoms with Gasteiger partial charge in [0.25, 0.3) is 0 Å². The number of nitrogens with one attached hydrogen (secondary N) is 1. The maximum atomic E-state index is 12.6. The van der Waals surface area contributed by atoms with Gasteiger partial charge in [-0.25, -0.2) is 9.59 Å². The molecule has 2 aromatic carbocycles. The van der Waals surface area contributed by atoms with Crippen molar-refractivity contribution in [1.29, 1.82) is 0 Å². The highest BCUT2D eigenvalue weighted by atomic mass is 16.6. The van der Waals surface area contributed by atoms with Crippen molar-refractivity contribution in [3.8, 4) is 0 Å². The Balaban J connectivity index is 1.66. The number of carbonyl (C=O) groups is 3. The molecule has 1 aliphatic heterocycles. The van der Waals surface area contributed by atoms with E-state index < -0.39 is 18.2 Å². The smallest absolute Gasteiger partial charge is 0.411 e. The molecule has 1 saturated heterocycles. The number of hydrogen-bond acceptors (Lipinski definition) is 5. The van der Waals surface area contributed by atoms with E-state index in [9.17, 15) is 14.4 Å². The van der Waals surface area contributed by atoms with Gasteiger partial charge in [-0.15, -0.1) is 0 Å². The summed E-state index contributed by atoms with van der Waals surface area (Å²) in [5.74, 6) is -0.878. The first-order chi connectivity index (χ1) is 13.6. The molecule has 7 nitrogen and oxygen atoms in total. The molecule has 2 amide bonds. The molecule has 3 rings (SSSR count). The van der Waals surface area contributed by atoms with E-state index >= 15 is 0 Å². The molecule has 0 unspecified atom stereocenters. The molecule has 1 aliphatic rings. The molecule has 0 radical (unpaired) electrons. The summed E-state index contributed by atoms with van der Waals surface area (Å²) >= 11 is 0. The fraction of sp³-hybridized carbons (Fsp3) is 0.286. The first-order valence-electron chi connectivity index (χ1n) is 9.08. The van der Waals surface area contributed by atoms with Gasteiger partial charge in [0.2, 0.25) is 12.0 Å². The molecule has 2 aromatic rings. The second-order valence-electron chi connectivity index (χ2n) is 6.43. The number of esters is 1. The van der Waals surface area contributed by atoms with E-state index in [-0.39, 0.29) is 25.5 Å². The van der Waals surface area contributed by atoms with Crippen LogP contribution in [0.25, 0.3) is 0 Å². The average Bonchev–Trinajstić information content (AvgIpc) is 2.73. The normalized spacial score (nSPS) is 14.7. The van der Waals surface area contributed by atoms with Crippen molar-refractivity contribution in [3.05, 3.63) is 71.8 Å². The lowest BCUT2D eigenvalue weighted by Crippen LogP contribution is -2.51. The summed E-state index contributed by atoms with van der Waals surface area (Å²) in [6.07, 6.45) is -1.60. The molecule has 1 atom stereocenters. The Kier molecular flexibility index (Phi) is 6.62. The Morgan fingerprint density at radius 1 is 1.00 bits per heavy atom. The van der Waals surface area contributed by atoms with Crippen LogP contribution in [0.1, 0.15) is 11.1 Å². The summed E-state index contributed by atoms with van der Waals surface area (Å²) in [4.78, 5) is 37.8. The van der Waals surface area contributed by atoms with Crippen molar-refractivity contribution in [2.24, 2.45) is 0 Å². The van der Waals surface area contributed by atoms with E-state index in [0.717, 1.165) is 11.1 Å². The molecule has 1 N–H and O–H groups in total. The van der Waals surface area contributed by atoms with Crippen LogP contribution in [-0.4, -0.2) is 48.6 Å². The van der Waals surface area contributed by atoms with E-state index in [1.165, 1.54) is 4.90 Å². The van der Waals surface area contributed by atoms with Crippen molar-refractivity contribution >= 4 is 18.0 Å². The number of rotatable bonds is 6. The highest BCUT2D eigenvalue weighted by Crippen LogP contribution is 2.12. The van der Waals surface area contributed by atoms with Gasteiger partial charge in [-0.1, -0.05) is 60.7 Å². The molecule has 7 heteroatoms. The van der Waals surface area contributed by atoms with E-state index in [2.05, 4.69) is 5.32 Å².